The van der Waals surface area contributed by atoms with E-state index in [1.165, 1.54) is 4.90 Å². The van der Waals surface area contributed by atoms with Crippen LogP contribution >= 0.6 is 0 Å². The summed E-state index contributed by atoms with van der Waals surface area (Å²) in [5.41, 5.74) is 1.86. The van der Waals surface area contributed by atoms with E-state index in [2.05, 4.69) is 20.8 Å². The van der Waals surface area contributed by atoms with Gasteiger partial charge in [0, 0.05) is 13.1 Å². The minimum absolute atomic E-state index is 0.255. The van der Waals surface area contributed by atoms with Crippen LogP contribution in [0.3, 0.4) is 0 Å². The van der Waals surface area contributed by atoms with Crippen molar-refractivity contribution >= 4 is 23.6 Å². The second-order valence-electron chi connectivity index (χ2n) is 4.84. The highest BCUT2D eigenvalue weighted by Crippen LogP contribution is 2.18. The maximum absolute atomic E-state index is 12.3. The van der Waals surface area contributed by atoms with Crippen LogP contribution in [0, 0.1) is 13.8 Å². The Labute approximate surface area is 120 Å². The predicted molar refractivity (Wildman–Crippen MR) is 72.8 cm³/mol. The predicted octanol–water partition coefficient (Wildman–Crippen LogP) is -0.166. The zero-order valence-corrected chi connectivity index (χ0v) is 11.8. The van der Waals surface area contributed by atoms with Gasteiger partial charge in [0.15, 0.2) is 0 Å². The largest absolute Gasteiger partial charge is 0.481 e. The van der Waals surface area contributed by atoms with Crippen molar-refractivity contribution in [3.8, 4) is 0 Å². The summed E-state index contributed by atoms with van der Waals surface area (Å²) in [6, 6.07) is -1.52. The van der Waals surface area contributed by atoms with Gasteiger partial charge in [0.05, 0.1) is 23.5 Å². The van der Waals surface area contributed by atoms with Gasteiger partial charge in [-0.25, -0.2) is 4.79 Å². The molecule has 4 N–H and O–H groups in total. The monoisotopic (exact) mass is 295 g/mol. The molecule has 0 bridgehead atoms. The van der Waals surface area contributed by atoms with E-state index in [0.29, 0.717) is 23.6 Å². The lowest BCUT2D eigenvalue weighted by molar-refractivity contribution is -0.142. The Morgan fingerprint density at radius 2 is 2.19 bits per heavy atom. The molecule has 9 heteroatoms. The summed E-state index contributed by atoms with van der Waals surface area (Å²) in [5, 5.41) is 20.8. The number of urea groups is 1. The molecule has 2 heterocycles. The van der Waals surface area contributed by atoms with Gasteiger partial charge >= 0.3 is 12.0 Å². The molecule has 1 saturated heterocycles. The molecule has 0 saturated carbocycles. The number of aromatic amines is 1. The van der Waals surface area contributed by atoms with Gasteiger partial charge in [-0.05, 0) is 13.8 Å². The van der Waals surface area contributed by atoms with Gasteiger partial charge in [-0.2, -0.15) is 5.10 Å². The van der Waals surface area contributed by atoms with Crippen LogP contribution in [0.15, 0.2) is 0 Å². The number of amides is 3. The first-order chi connectivity index (χ1) is 9.90. The number of carboxylic acid groups (broad SMARTS) is 1. The van der Waals surface area contributed by atoms with Crippen molar-refractivity contribution in [2.24, 2.45) is 0 Å². The van der Waals surface area contributed by atoms with E-state index < -0.39 is 30.4 Å². The Kier molecular flexibility index (Phi) is 4.10. The SMILES string of the molecule is Cc1n[nH]c(C)c1NC(=O)N1CCNC(=O)C1CC(=O)O. The number of aromatic nitrogens is 2. The number of piperazine rings is 1. The Bertz CT molecular complexity index is 563. The lowest BCUT2D eigenvalue weighted by atomic mass is 10.1. The first-order valence-electron chi connectivity index (χ1n) is 6.49. The quantitative estimate of drug-likeness (QED) is 0.616. The van der Waals surface area contributed by atoms with Crippen molar-refractivity contribution in [2.45, 2.75) is 26.3 Å². The molecule has 2 rings (SSSR count). The fourth-order valence-corrected chi connectivity index (χ4v) is 2.24. The van der Waals surface area contributed by atoms with Gasteiger partial charge in [-0.3, -0.25) is 14.7 Å². The van der Waals surface area contributed by atoms with Gasteiger partial charge in [0.2, 0.25) is 5.91 Å². The van der Waals surface area contributed by atoms with Gasteiger partial charge in [0.1, 0.15) is 6.04 Å². The van der Waals surface area contributed by atoms with Crippen molar-refractivity contribution in [1.29, 1.82) is 0 Å². The lowest BCUT2D eigenvalue weighted by Gasteiger charge is -2.34. The number of anilines is 1. The number of aryl methyl sites for hydroxylation is 2. The second kappa shape index (κ2) is 5.81. The minimum Gasteiger partial charge on any atom is -0.481 e. The molecule has 0 radical (unpaired) electrons. The van der Waals surface area contributed by atoms with Gasteiger partial charge in [0.25, 0.3) is 0 Å². The normalized spacial score (nSPS) is 18.3. The number of H-pyrrole nitrogens is 1. The van der Waals surface area contributed by atoms with Crippen LogP contribution in [-0.4, -0.2) is 57.2 Å². The summed E-state index contributed by atoms with van der Waals surface area (Å²) in [7, 11) is 0. The first-order valence-corrected chi connectivity index (χ1v) is 6.49. The Hall–Kier alpha value is -2.58. The summed E-state index contributed by atoms with van der Waals surface area (Å²) in [6.45, 7) is 4.04. The Morgan fingerprint density at radius 3 is 2.76 bits per heavy atom. The average Bonchev–Trinajstić information content (AvgIpc) is 2.72. The van der Waals surface area contributed by atoms with E-state index in [1.807, 2.05) is 0 Å². The van der Waals surface area contributed by atoms with E-state index in [0.717, 1.165) is 0 Å². The van der Waals surface area contributed by atoms with Crippen molar-refractivity contribution in [3.05, 3.63) is 11.4 Å². The van der Waals surface area contributed by atoms with E-state index in [-0.39, 0.29) is 6.54 Å². The lowest BCUT2D eigenvalue weighted by Crippen LogP contribution is -2.58. The number of hydrogen-bond donors (Lipinski definition) is 4. The van der Waals surface area contributed by atoms with Crippen LogP contribution in [0.4, 0.5) is 10.5 Å². The summed E-state index contributed by atoms with van der Waals surface area (Å²) in [6.07, 6.45) is -0.428. The molecule has 21 heavy (non-hydrogen) atoms. The maximum atomic E-state index is 12.3. The first kappa shape index (κ1) is 14.8. The third-order valence-corrected chi connectivity index (χ3v) is 3.32. The number of carbonyl (C=O) groups excluding carboxylic acids is 2. The summed E-state index contributed by atoms with van der Waals surface area (Å²) in [4.78, 5) is 36.2. The number of carboxylic acids is 1. The zero-order valence-electron chi connectivity index (χ0n) is 11.8. The van der Waals surface area contributed by atoms with E-state index in [4.69, 9.17) is 5.11 Å². The zero-order chi connectivity index (χ0) is 15.6. The van der Waals surface area contributed by atoms with Crippen LogP contribution < -0.4 is 10.6 Å². The fourth-order valence-electron chi connectivity index (χ4n) is 2.24. The van der Waals surface area contributed by atoms with Gasteiger partial charge in [-0.15, -0.1) is 0 Å². The number of hydrogen-bond acceptors (Lipinski definition) is 4. The molecule has 1 aromatic rings. The molecule has 1 fully saturated rings. The molecule has 1 aliphatic rings. The molecular weight excluding hydrogens is 278 g/mol. The van der Waals surface area contributed by atoms with Crippen molar-refractivity contribution in [2.75, 3.05) is 18.4 Å². The van der Waals surface area contributed by atoms with Crippen molar-refractivity contribution < 1.29 is 19.5 Å². The molecule has 0 aliphatic carbocycles. The summed E-state index contributed by atoms with van der Waals surface area (Å²) >= 11 is 0. The van der Waals surface area contributed by atoms with Gasteiger partial charge in [-0.1, -0.05) is 0 Å². The van der Waals surface area contributed by atoms with Crippen LogP contribution in [0.2, 0.25) is 0 Å². The molecule has 0 aromatic carbocycles. The molecule has 3 amide bonds. The van der Waals surface area contributed by atoms with Crippen molar-refractivity contribution in [3.63, 3.8) is 0 Å². The fraction of sp³-hybridized carbons (Fsp3) is 0.500. The maximum Gasteiger partial charge on any atom is 0.322 e. The standard InChI is InChI=1S/C12H17N5O4/c1-6-10(7(2)16-15-6)14-12(21)17-4-3-13-11(20)8(17)5-9(18)19/h8H,3-5H2,1-2H3,(H,13,20)(H,14,21)(H,15,16)(H,18,19). The number of aliphatic carboxylic acids is 1. The number of nitrogens with zero attached hydrogens (tertiary/aromatic N) is 2. The second-order valence-corrected chi connectivity index (χ2v) is 4.84. The number of nitrogens with one attached hydrogen (secondary N) is 3. The smallest absolute Gasteiger partial charge is 0.322 e. The Balaban J connectivity index is 2.15. The molecule has 0 spiro atoms. The molecule has 9 nitrogen and oxygen atoms in total. The topological polar surface area (TPSA) is 127 Å². The van der Waals surface area contributed by atoms with Crippen molar-refractivity contribution in [1.82, 2.24) is 20.4 Å². The third kappa shape index (κ3) is 3.12. The number of rotatable bonds is 3. The molecule has 1 atom stereocenters. The van der Waals surface area contributed by atoms with Gasteiger partial charge < -0.3 is 20.6 Å². The molecule has 1 aromatic heterocycles. The van der Waals surface area contributed by atoms with E-state index >= 15 is 0 Å². The number of carbonyl (C=O) groups is 3. The highest BCUT2D eigenvalue weighted by Gasteiger charge is 2.35. The Morgan fingerprint density at radius 1 is 1.48 bits per heavy atom. The van der Waals surface area contributed by atoms with Crippen LogP contribution in [-0.2, 0) is 9.59 Å². The minimum atomic E-state index is -1.13. The molecule has 114 valence electrons. The average molecular weight is 295 g/mol. The van der Waals surface area contributed by atoms with Crippen LogP contribution in [0.1, 0.15) is 17.8 Å². The van der Waals surface area contributed by atoms with Crippen LogP contribution in [0.5, 0.6) is 0 Å². The molecule has 1 aliphatic heterocycles. The summed E-state index contributed by atoms with van der Waals surface area (Å²) < 4.78 is 0. The molecular formula is C12H17N5O4. The highest BCUT2D eigenvalue weighted by atomic mass is 16.4. The van der Waals surface area contributed by atoms with Crippen LogP contribution in [0.25, 0.3) is 0 Å². The summed E-state index contributed by atoms with van der Waals surface area (Å²) in [5.74, 6) is -1.59. The third-order valence-electron chi connectivity index (χ3n) is 3.32. The van der Waals surface area contributed by atoms with E-state index in [1.54, 1.807) is 13.8 Å². The van der Waals surface area contributed by atoms with E-state index in [9.17, 15) is 14.4 Å². The highest BCUT2D eigenvalue weighted by molar-refractivity contribution is 5.96. The molecule has 1 unspecified atom stereocenters.